The molecule has 0 fully saturated rings. The highest BCUT2D eigenvalue weighted by Gasteiger charge is 2.09. The van der Waals surface area contributed by atoms with Gasteiger partial charge in [0.05, 0.1) is 0 Å². The number of hydrogen-bond acceptors (Lipinski definition) is 0. The molecular formula is C12H16Br2. The molecule has 0 radical (unpaired) electrons. The first kappa shape index (κ1) is 12.3. The molecule has 0 saturated heterocycles. The maximum absolute atomic E-state index is 3.59. The summed E-state index contributed by atoms with van der Waals surface area (Å²) in [5.74, 6) is 0.660. The van der Waals surface area contributed by atoms with Gasteiger partial charge in [-0.05, 0) is 30.0 Å². The van der Waals surface area contributed by atoms with Crippen LogP contribution in [0.1, 0.15) is 37.7 Å². The van der Waals surface area contributed by atoms with Crippen molar-refractivity contribution in [2.24, 2.45) is 0 Å². The lowest BCUT2D eigenvalue weighted by molar-refractivity contribution is 0.633. The van der Waals surface area contributed by atoms with E-state index in [4.69, 9.17) is 0 Å². The van der Waals surface area contributed by atoms with Crippen molar-refractivity contribution in [3.63, 3.8) is 0 Å². The number of hydrogen-bond donors (Lipinski definition) is 0. The summed E-state index contributed by atoms with van der Waals surface area (Å²) in [5.41, 5.74) is 1.43. The van der Waals surface area contributed by atoms with Crippen LogP contribution in [0.3, 0.4) is 0 Å². The average molecular weight is 320 g/mol. The standard InChI is InChI=1S/C12H16Br2/c1-2-3-5-11(9-13)10-6-4-7-12(14)8-10/h4,6-8,11H,2-3,5,9H2,1H3. The minimum absolute atomic E-state index is 0.660. The third-order valence-electron chi connectivity index (χ3n) is 2.41. The van der Waals surface area contributed by atoms with E-state index in [1.807, 2.05) is 0 Å². The Bertz CT molecular complexity index is 271. The van der Waals surface area contributed by atoms with Crippen LogP contribution in [-0.2, 0) is 0 Å². The highest BCUT2D eigenvalue weighted by molar-refractivity contribution is 9.10. The maximum Gasteiger partial charge on any atom is 0.0178 e. The summed E-state index contributed by atoms with van der Waals surface area (Å²) in [6, 6.07) is 8.63. The zero-order valence-corrected chi connectivity index (χ0v) is 11.6. The van der Waals surface area contributed by atoms with Crippen molar-refractivity contribution >= 4 is 31.9 Å². The molecule has 0 saturated carbocycles. The number of rotatable bonds is 5. The second-order valence-electron chi connectivity index (χ2n) is 3.55. The Balaban J connectivity index is 2.68. The van der Waals surface area contributed by atoms with Gasteiger partial charge in [0.1, 0.15) is 0 Å². The lowest BCUT2D eigenvalue weighted by atomic mass is 9.96. The monoisotopic (exact) mass is 318 g/mol. The Labute approximate surface area is 103 Å². The van der Waals surface area contributed by atoms with E-state index in [-0.39, 0.29) is 0 Å². The molecule has 0 heterocycles. The van der Waals surface area contributed by atoms with Crippen LogP contribution in [0.5, 0.6) is 0 Å². The molecule has 1 aromatic carbocycles. The molecule has 0 aliphatic heterocycles. The van der Waals surface area contributed by atoms with Crippen LogP contribution in [0.25, 0.3) is 0 Å². The van der Waals surface area contributed by atoms with Gasteiger partial charge < -0.3 is 0 Å². The van der Waals surface area contributed by atoms with Gasteiger partial charge in [-0.15, -0.1) is 0 Å². The van der Waals surface area contributed by atoms with Gasteiger partial charge in [0, 0.05) is 9.80 Å². The molecule has 0 aromatic heterocycles. The van der Waals surface area contributed by atoms with E-state index in [1.54, 1.807) is 0 Å². The zero-order chi connectivity index (χ0) is 10.4. The minimum Gasteiger partial charge on any atom is -0.0921 e. The number of alkyl halides is 1. The topological polar surface area (TPSA) is 0 Å². The summed E-state index contributed by atoms with van der Waals surface area (Å²) in [6.45, 7) is 2.24. The highest BCUT2D eigenvalue weighted by atomic mass is 79.9. The van der Waals surface area contributed by atoms with E-state index in [0.717, 1.165) is 5.33 Å². The fourth-order valence-corrected chi connectivity index (χ4v) is 2.66. The Hall–Kier alpha value is 0.180. The molecular weight excluding hydrogens is 304 g/mol. The third-order valence-corrected chi connectivity index (χ3v) is 3.69. The van der Waals surface area contributed by atoms with Gasteiger partial charge in [0.2, 0.25) is 0 Å². The molecule has 0 N–H and O–H groups in total. The smallest absolute Gasteiger partial charge is 0.0178 e. The molecule has 78 valence electrons. The van der Waals surface area contributed by atoms with Crippen LogP contribution >= 0.6 is 31.9 Å². The number of benzene rings is 1. The second kappa shape index (κ2) is 6.62. The van der Waals surface area contributed by atoms with Gasteiger partial charge >= 0.3 is 0 Å². The van der Waals surface area contributed by atoms with Gasteiger partial charge in [0.15, 0.2) is 0 Å². The lowest BCUT2D eigenvalue weighted by Gasteiger charge is -2.14. The first-order valence-corrected chi connectivity index (χ1v) is 7.00. The molecule has 0 aliphatic carbocycles. The van der Waals surface area contributed by atoms with Gasteiger partial charge in [-0.3, -0.25) is 0 Å². The molecule has 1 atom stereocenters. The summed E-state index contributed by atoms with van der Waals surface area (Å²) >= 11 is 7.10. The minimum atomic E-state index is 0.660. The Morgan fingerprint density at radius 2 is 2.14 bits per heavy atom. The molecule has 0 amide bonds. The largest absolute Gasteiger partial charge is 0.0921 e. The molecule has 1 aromatic rings. The van der Waals surface area contributed by atoms with Crippen LogP contribution < -0.4 is 0 Å². The van der Waals surface area contributed by atoms with E-state index in [1.165, 1.54) is 29.3 Å². The normalized spacial score (nSPS) is 12.8. The molecule has 14 heavy (non-hydrogen) atoms. The molecule has 0 aliphatic rings. The van der Waals surface area contributed by atoms with Gasteiger partial charge in [-0.2, -0.15) is 0 Å². The highest BCUT2D eigenvalue weighted by Crippen LogP contribution is 2.26. The summed E-state index contributed by atoms with van der Waals surface area (Å²) < 4.78 is 1.18. The van der Waals surface area contributed by atoms with Crippen molar-refractivity contribution in [2.75, 3.05) is 5.33 Å². The van der Waals surface area contributed by atoms with Gasteiger partial charge in [-0.25, -0.2) is 0 Å². The second-order valence-corrected chi connectivity index (χ2v) is 5.11. The SMILES string of the molecule is CCCCC(CBr)c1cccc(Br)c1. The predicted octanol–water partition coefficient (Wildman–Crippen LogP) is 5.12. The first-order chi connectivity index (χ1) is 6.77. The van der Waals surface area contributed by atoms with Crippen LogP contribution in [0.15, 0.2) is 28.7 Å². The lowest BCUT2D eigenvalue weighted by Crippen LogP contribution is -1.99. The van der Waals surface area contributed by atoms with Crippen molar-refractivity contribution in [3.05, 3.63) is 34.3 Å². The van der Waals surface area contributed by atoms with Crippen molar-refractivity contribution in [1.82, 2.24) is 0 Å². The number of unbranched alkanes of at least 4 members (excludes halogenated alkanes) is 1. The molecule has 0 spiro atoms. The van der Waals surface area contributed by atoms with Crippen molar-refractivity contribution in [2.45, 2.75) is 32.1 Å². The Morgan fingerprint density at radius 1 is 1.36 bits per heavy atom. The van der Waals surface area contributed by atoms with Gasteiger partial charge in [-0.1, -0.05) is 63.8 Å². The summed E-state index contributed by atoms with van der Waals surface area (Å²) in [7, 11) is 0. The van der Waals surface area contributed by atoms with E-state index in [0.29, 0.717) is 5.92 Å². The summed E-state index contributed by atoms with van der Waals surface area (Å²) in [4.78, 5) is 0. The molecule has 2 heteroatoms. The Kier molecular flexibility index (Phi) is 5.80. The van der Waals surface area contributed by atoms with Gasteiger partial charge in [0.25, 0.3) is 0 Å². The van der Waals surface area contributed by atoms with Crippen molar-refractivity contribution < 1.29 is 0 Å². The molecule has 1 rings (SSSR count). The molecule has 0 nitrogen and oxygen atoms in total. The van der Waals surface area contributed by atoms with E-state index >= 15 is 0 Å². The van der Waals surface area contributed by atoms with Crippen molar-refractivity contribution in [3.8, 4) is 0 Å². The summed E-state index contributed by atoms with van der Waals surface area (Å²) in [6.07, 6.45) is 3.86. The average Bonchev–Trinajstić information content (AvgIpc) is 2.19. The Morgan fingerprint density at radius 3 is 2.71 bits per heavy atom. The van der Waals surface area contributed by atoms with E-state index in [9.17, 15) is 0 Å². The zero-order valence-electron chi connectivity index (χ0n) is 8.47. The van der Waals surface area contributed by atoms with Crippen LogP contribution in [0, 0.1) is 0 Å². The van der Waals surface area contributed by atoms with E-state index in [2.05, 4.69) is 63.0 Å². The maximum atomic E-state index is 3.59. The predicted molar refractivity (Wildman–Crippen MR) is 70.2 cm³/mol. The van der Waals surface area contributed by atoms with Crippen molar-refractivity contribution in [1.29, 1.82) is 0 Å². The molecule has 0 bridgehead atoms. The number of halogens is 2. The molecule has 1 unspecified atom stereocenters. The first-order valence-electron chi connectivity index (χ1n) is 5.09. The van der Waals surface area contributed by atoms with Crippen LogP contribution in [0.2, 0.25) is 0 Å². The third kappa shape index (κ3) is 3.74. The fraction of sp³-hybridized carbons (Fsp3) is 0.500. The van der Waals surface area contributed by atoms with Crippen LogP contribution in [-0.4, -0.2) is 5.33 Å². The van der Waals surface area contributed by atoms with E-state index < -0.39 is 0 Å². The quantitative estimate of drug-likeness (QED) is 0.661. The van der Waals surface area contributed by atoms with Crippen LogP contribution in [0.4, 0.5) is 0 Å². The fourth-order valence-electron chi connectivity index (χ4n) is 1.54. The summed E-state index contributed by atoms with van der Waals surface area (Å²) in [5, 5.41) is 1.06.